The number of nitro benzene ring substituents is 1. The Balaban J connectivity index is 1.56. The number of rotatable bonds is 5. The van der Waals surface area contributed by atoms with Gasteiger partial charge in [0.2, 0.25) is 11.8 Å². The van der Waals surface area contributed by atoms with Gasteiger partial charge in [-0.2, -0.15) is 0 Å². The molecule has 0 radical (unpaired) electrons. The third-order valence-electron chi connectivity index (χ3n) is 7.91. The van der Waals surface area contributed by atoms with Crippen LogP contribution < -0.4 is 15.4 Å². The van der Waals surface area contributed by atoms with Gasteiger partial charge < -0.3 is 20.3 Å². The predicted octanol–water partition coefficient (Wildman–Crippen LogP) is 2.68. The number of allylic oxidation sites excluding steroid dienone is 1. The van der Waals surface area contributed by atoms with Gasteiger partial charge in [0, 0.05) is 24.6 Å². The van der Waals surface area contributed by atoms with E-state index in [4.69, 9.17) is 4.74 Å². The van der Waals surface area contributed by atoms with Crippen LogP contribution >= 0.6 is 0 Å². The lowest BCUT2D eigenvalue weighted by Crippen LogP contribution is -2.58. The highest BCUT2D eigenvalue weighted by Gasteiger charge is 2.61. The molecular formula is C29H39N5O9S. The lowest BCUT2D eigenvalue weighted by atomic mass is 10.0. The van der Waals surface area contributed by atoms with Gasteiger partial charge in [0.1, 0.15) is 23.2 Å². The van der Waals surface area contributed by atoms with Crippen LogP contribution in [0.4, 0.5) is 10.5 Å². The maximum Gasteiger partial charge on any atom is 0.408 e. The molecule has 2 heterocycles. The number of amides is 4. The van der Waals surface area contributed by atoms with Crippen LogP contribution in [0.5, 0.6) is 0 Å². The van der Waals surface area contributed by atoms with Crippen LogP contribution in [0.2, 0.25) is 0 Å². The number of non-ortho nitro benzene ring substituents is 1. The third-order valence-corrected chi connectivity index (χ3v) is 9.26. The smallest absolute Gasteiger partial charge is 0.408 e. The fourth-order valence-electron chi connectivity index (χ4n) is 5.56. The second-order valence-electron chi connectivity index (χ2n) is 12.4. The van der Waals surface area contributed by atoms with Crippen molar-refractivity contribution >= 4 is 39.5 Å². The predicted molar refractivity (Wildman–Crippen MR) is 158 cm³/mol. The maximum atomic E-state index is 13.7. The lowest BCUT2D eigenvalue weighted by molar-refractivity contribution is -0.384. The van der Waals surface area contributed by atoms with Crippen LogP contribution in [0.25, 0.3) is 0 Å². The summed E-state index contributed by atoms with van der Waals surface area (Å²) in [6.07, 6.45) is 7.19. The average Bonchev–Trinajstić information content (AvgIpc) is 3.40. The summed E-state index contributed by atoms with van der Waals surface area (Å²) in [5.74, 6) is -2.44. The lowest BCUT2D eigenvalue weighted by Gasteiger charge is -2.30. The Bertz CT molecular complexity index is 1440. The Hall–Kier alpha value is -4.01. The van der Waals surface area contributed by atoms with Gasteiger partial charge in [-0.1, -0.05) is 25.0 Å². The SMILES string of the molecule is CC(C)(C)OC(=O)N[C@H]1CCCCC/C=C\[C@@H]2C[C@@]2(C(=O)NS(=O)(=O)c2ccc([N+](=O)[O-])cc2)NC(=O)[C@@H]2CCCN2C1=O. The molecule has 14 nitrogen and oxygen atoms in total. The van der Waals surface area contributed by atoms with E-state index in [0.29, 0.717) is 32.1 Å². The molecule has 1 aromatic rings. The molecule has 1 aliphatic carbocycles. The van der Waals surface area contributed by atoms with E-state index >= 15 is 0 Å². The van der Waals surface area contributed by atoms with E-state index in [1.807, 2.05) is 10.8 Å². The van der Waals surface area contributed by atoms with Crippen molar-refractivity contribution < 1.29 is 37.3 Å². The number of ether oxygens (including phenoxy) is 1. The number of sulfonamides is 1. The van der Waals surface area contributed by atoms with Crippen molar-refractivity contribution in [3.05, 3.63) is 46.5 Å². The number of hydrogen-bond acceptors (Lipinski definition) is 9. The summed E-state index contributed by atoms with van der Waals surface area (Å²) in [6.45, 7) is 5.43. The van der Waals surface area contributed by atoms with Crippen LogP contribution in [0.3, 0.4) is 0 Å². The molecule has 1 saturated carbocycles. The van der Waals surface area contributed by atoms with Crippen molar-refractivity contribution in [1.29, 1.82) is 0 Å². The Morgan fingerprint density at radius 3 is 2.45 bits per heavy atom. The minimum atomic E-state index is -4.42. The van der Waals surface area contributed by atoms with Crippen molar-refractivity contribution in [3.63, 3.8) is 0 Å². The van der Waals surface area contributed by atoms with Gasteiger partial charge in [-0.05, 0) is 71.4 Å². The van der Waals surface area contributed by atoms with E-state index in [0.717, 1.165) is 37.1 Å². The maximum absolute atomic E-state index is 13.7. The second kappa shape index (κ2) is 12.9. The summed E-state index contributed by atoms with van der Waals surface area (Å²) < 4.78 is 33.4. The molecule has 2 fully saturated rings. The fourth-order valence-corrected chi connectivity index (χ4v) is 6.60. The molecule has 0 spiro atoms. The van der Waals surface area contributed by atoms with Crippen molar-refractivity contribution in [1.82, 2.24) is 20.3 Å². The Labute approximate surface area is 256 Å². The standard InChI is InChI=1S/C29H39N5O9S/c1-28(2,3)43-27(38)30-22-11-8-6-4-5-7-10-19-18-29(19,31-24(35)23-12-9-17-33(23)25(22)36)26(37)32-44(41,42)21-15-13-20(14-16-21)34(39)40/h7,10,13-16,19,22-23H,4-6,8-9,11-12,17-18H2,1-3H3,(H,30,38)(H,31,35)(H,32,37)/b10-7-/t19-,22+,23+,29-/m1/s1. The highest BCUT2D eigenvalue weighted by Crippen LogP contribution is 2.45. The van der Waals surface area contributed by atoms with Crippen molar-refractivity contribution in [3.8, 4) is 0 Å². The van der Waals surface area contributed by atoms with E-state index in [9.17, 15) is 37.7 Å². The summed E-state index contributed by atoms with van der Waals surface area (Å²) in [5, 5.41) is 16.4. The van der Waals surface area contributed by atoms with Gasteiger partial charge in [-0.3, -0.25) is 24.5 Å². The molecule has 44 heavy (non-hydrogen) atoms. The first-order chi connectivity index (χ1) is 20.6. The van der Waals surface area contributed by atoms with E-state index in [1.54, 1.807) is 26.8 Å². The minimum Gasteiger partial charge on any atom is -0.444 e. The zero-order chi connectivity index (χ0) is 32.3. The molecule has 4 atom stereocenters. The molecule has 240 valence electrons. The van der Waals surface area contributed by atoms with Gasteiger partial charge in [0.15, 0.2) is 0 Å². The molecule has 15 heteroatoms. The Morgan fingerprint density at radius 2 is 1.80 bits per heavy atom. The average molecular weight is 634 g/mol. The summed E-state index contributed by atoms with van der Waals surface area (Å²) in [5.41, 5.74) is -2.64. The first-order valence-corrected chi connectivity index (χ1v) is 16.2. The molecule has 0 bridgehead atoms. The van der Waals surface area contributed by atoms with Gasteiger partial charge in [0.05, 0.1) is 9.82 Å². The number of carbonyl (C=O) groups is 4. The van der Waals surface area contributed by atoms with Gasteiger partial charge in [-0.25, -0.2) is 17.9 Å². The molecular weight excluding hydrogens is 594 g/mol. The normalized spacial score (nSPS) is 27.0. The molecule has 4 amide bonds. The summed E-state index contributed by atoms with van der Waals surface area (Å²) in [7, 11) is -4.42. The van der Waals surface area contributed by atoms with Crippen LogP contribution in [0.15, 0.2) is 41.3 Å². The number of fused-ring (bicyclic) bond motifs is 2. The van der Waals surface area contributed by atoms with E-state index < -0.39 is 67.9 Å². The minimum absolute atomic E-state index is 0.153. The van der Waals surface area contributed by atoms with Crippen molar-refractivity contribution in [2.75, 3.05) is 6.54 Å². The van der Waals surface area contributed by atoms with Crippen LogP contribution in [-0.4, -0.2) is 71.8 Å². The zero-order valence-electron chi connectivity index (χ0n) is 25.0. The van der Waals surface area contributed by atoms with Crippen molar-refractivity contribution in [2.45, 2.75) is 100 Å². The summed E-state index contributed by atoms with van der Waals surface area (Å²) >= 11 is 0. The highest BCUT2D eigenvalue weighted by molar-refractivity contribution is 7.90. The molecule has 3 aliphatic rings. The topological polar surface area (TPSA) is 194 Å². The number of nitrogens with one attached hydrogen (secondary N) is 3. The van der Waals surface area contributed by atoms with Gasteiger partial charge >= 0.3 is 6.09 Å². The van der Waals surface area contributed by atoms with E-state index in [-0.39, 0.29) is 23.5 Å². The molecule has 2 aliphatic heterocycles. The monoisotopic (exact) mass is 633 g/mol. The van der Waals surface area contributed by atoms with Crippen LogP contribution in [0, 0.1) is 16.0 Å². The van der Waals surface area contributed by atoms with E-state index in [2.05, 4.69) is 10.6 Å². The largest absolute Gasteiger partial charge is 0.444 e. The highest BCUT2D eigenvalue weighted by atomic mass is 32.2. The molecule has 0 aromatic heterocycles. The number of nitro groups is 1. The quantitative estimate of drug-likeness (QED) is 0.248. The van der Waals surface area contributed by atoms with Gasteiger partial charge in [0.25, 0.3) is 21.6 Å². The molecule has 1 aromatic carbocycles. The third kappa shape index (κ3) is 7.73. The number of benzene rings is 1. The van der Waals surface area contributed by atoms with Crippen LogP contribution in [-0.2, 0) is 29.1 Å². The van der Waals surface area contributed by atoms with Gasteiger partial charge in [-0.15, -0.1) is 0 Å². The molecule has 3 N–H and O–H groups in total. The first kappa shape index (κ1) is 32.9. The van der Waals surface area contributed by atoms with Crippen molar-refractivity contribution in [2.24, 2.45) is 5.92 Å². The second-order valence-corrected chi connectivity index (χ2v) is 14.1. The number of nitrogens with zero attached hydrogens (tertiary/aromatic N) is 2. The molecule has 1 saturated heterocycles. The summed E-state index contributed by atoms with van der Waals surface area (Å²) in [4.78, 5) is 64.8. The zero-order valence-corrected chi connectivity index (χ0v) is 25.9. The first-order valence-electron chi connectivity index (χ1n) is 14.7. The van der Waals surface area contributed by atoms with E-state index in [1.165, 1.54) is 4.90 Å². The van der Waals surface area contributed by atoms with Crippen LogP contribution in [0.1, 0.15) is 72.1 Å². The molecule has 4 rings (SSSR count). The summed E-state index contributed by atoms with van der Waals surface area (Å²) in [6, 6.07) is 2.25. The number of alkyl carbamates (subject to hydrolysis) is 1. The number of hydrogen-bond donors (Lipinski definition) is 3. The Morgan fingerprint density at radius 1 is 1.09 bits per heavy atom. The Kier molecular flexibility index (Phi) is 9.66. The number of carbonyl (C=O) groups excluding carboxylic acids is 4. The fraction of sp³-hybridized carbons (Fsp3) is 0.586. The molecule has 0 unspecified atom stereocenters.